The number of H-pyrrole nitrogens is 1. The highest BCUT2D eigenvalue weighted by molar-refractivity contribution is 5.76. The summed E-state index contributed by atoms with van der Waals surface area (Å²) in [6, 6.07) is 5.12. The molecule has 0 aliphatic heterocycles. The highest BCUT2D eigenvalue weighted by Gasteiger charge is 2.12. The molecule has 4 nitrogen and oxygen atoms in total. The van der Waals surface area contributed by atoms with Gasteiger partial charge in [0.2, 0.25) is 0 Å². The average Bonchev–Trinajstić information content (AvgIpc) is 2.55. The zero-order valence-electron chi connectivity index (χ0n) is 9.62. The molecule has 0 aliphatic rings. The molecule has 0 saturated heterocycles. The maximum atomic E-state index is 9.33. The van der Waals surface area contributed by atoms with Gasteiger partial charge in [0.15, 0.2) is 0 Å². The molecule has 1 heterocycles. The second-order valence-electron chi connectivity index (χ2n) is 4.87. The van der Waals surface area contributed by atoms with E-state index < -0.39 is 0 Å². The van der Waals surface area contributed by atoms with Crippen molar-refractivity contribution in [1.29, 1.82) is 0 Å². The lowest BCUT2D eigenvalue weighted by Crippen LogP contribution is -2.32. The van der Waals surface area contributed by atoms with E-state index in [1.54, 1.807) is 18.2 Å². The Kier molecular flexibility index (Phi) is 2.59. The minimum absolute atomic E-state index is 0.179. The maximum Gasteiger partial charge on any atom is 0.117 e. The number of phenols is 1. The molecule has 86 valence electrons. The van der Waals surface area contributed by atoms with Gasteiger partial charge in [-0.25, -0.2) is 4.98 Å². The molecule has 4 N–H and O–H groups in total. The van der Waals surface area contributed by atoms with Crippen molar-refractivity contribution < 1.29 is 5.11 Å². The second kappa shape index (κ2) is 3.79. The monoisotopic (exact) mass is 219 g/mol. The number of imidazole rings is 1. The Morgan fingerprint density at radius 3 is 2.88 bits per heavy atom. The van der Waals surface area contributed by atoms with Crippen LogP contribution in [0.15, 0.2) is 18.2 Å². The Bertz CT molecular complexity index is 496. The number of aromatic amines is 1. The summed E-state index contributed by atoms with van der Waals surface area (Å²) in [6.45, 7) is 4.00. The third-order valence-electron chi connectivity index (χ3n) is 2.52. The smallest absolute Gasteiger partial charge is 0.117 e. The van der Waals surface area contributed by atoms with Crippen molar-refractivity contribution in [2.24, 2.45) is 5.73 Å². The van der Waals surface area contributed by atoms with Crippen LogP contribution in [-0.2, 0) is 6.42 Å². The number of phenolic OH excluding ortho intramolecular Hbond substituents is 1. The van der Waals surface area contributed by atoms with Crippen LogP contribution in [0.3, 0.4) is 0 Å². The van der Waals surface area contributed by atoms with Crippen molar-refractivity contribution in [3.63, 3.8) is 0 Å². The van der Waals surface area contributed by atoms with Gasteiger partial charge in [-0.3, -0.25) is 0 Å². The zero-order chi connectivity index (χ0) is 11.8. The van der Waals surface area contributed by atoms with E-state index >= 15 is 0 Å². The molecule has 2 aromatic rings. The fourth-order valence-corrected chi connectivity index (χ4v) is 1.61. The Morgan fingerprint density at radius 2 is 2.19 bits per heavy atom. The summed E-state index contributed by atoms with van der Waals surface area (Å²) in [7, 11) is 0. The van der Waals surface area contributed by atoms with Crippen LogP contribution in [0.25, 0.3) is 11.0 Å². The van der Waals surface area contributed by atoms with Crippen LogP contribution in [0.2, 0.25) is 0 Å². The molecule has 0 fully saturated rings. The third kappa shape index (κ3) is 2.52. The lowest BCUT2D eigenvalue weighted by Gasteiger charge is -2.16. The predicted octanol–water partition coefficient (Wildman–Crippen LogP) is 1.94. The molecule has 2 rings (SSSR count). The molecular formula is C12H17N3O. The van der Waals surface area contributed by atoms with Gasteiger partial charge >= 0.3 is 0 Å². The quantitative estimate of drug-likeness (QED) is 0.738. The first-order valence-electron chi connectivity index (χ1n) is 5.40. The summed E-state index contributed by atoms with van der Waals surface area (Å²) >= 11 is 0. The van der Waals surface area contributed by atoms with Gasteiger partial charge in [0.05, 0.1) is 11.0 Å². The van der Waals surface area contributed by atoms with Gasteiger partial charge < -0.3 is 15.8 Å². The molecule has 1 aromatic carbocycles. The fourth-order valence-electron chi connectivity index (χ4n) is 1.61. The van der Waals surface area contributed by atoms with Gasteiger partial charge in [-0.1, -0.05) is 0 Å². The highest BCUT2D eigenvalue weighted by atomic mass is 16.3. The summed E-state index contributed by atoms with van der Waals surface area (Å²) in [4.78, 5) is 7.62. The summed E-state index contributed by atoms with van der Waals surface area (Å²) < 4.78 is 0. The Labute approximate surface area is 94.5 Å². The Balaban J connectivity index is 2.20. The van der Waals surface area contributed by atoms with Crippen LogP contribution in [0.5, 0.6) is 5.75 Å². The van der Waals surface area contributed by atoms with Crippen molar-refractivity contribution in [2.75, 3.05) is 0 Å². The first-order valence-corrected chi connectivity index (χ1v) is 5.40. The molecule has 0 amide bonds. The number of benzene rings is 1. The molecule has 0 spiro atoms. The topological polar surface area (TPSA) is 74.9 Å². The molecular weight excluding hydrogens is 202 g/mol. The van der Waals surface area contributed by atoms with Crippen LogP contribution in [0.4, 0.5) is 0 Å². The number of nitrogens with zero attached hydrogens (tertiary/aromatic N) is 1. The molecule has 0 unspecified atom stereocenters. The van der Waals surface area contributed by atoms with E-state index in [4.69, 9.17) is 5.73 Å². The third-order valence-corrected chi connectivity index (χ3v) is 2.52. The van der Waals surface area contributed by atoms with Crippen LogP contribution >= 0.6 is 0 Å². The fraction of sp³-hybridized carbons (Fsp3) is 0.417. The molecule has 0 saturated carbocycles. The maximum absolute atomic E-state index is 9.33. The lowest BCUT2D eigenvalue weighted by atomic mass is 10.0. The van der Waals surface area contributed by atoms with Gasteiger partial charge in [0, 0.05) is 18.0 Å². The Morgan fingerprint density at radius 1 is 1.44 bits per heavy atom. The minimum Gasteiger partial charge on any atom is -0.508 e. The second-order valence-corrected chi connectivity index (χ2v) is 4.87. The molecule has 4 heteroatoms. The predicted molar refractivity (Wildman–Crippen MR) is 64.3 cm³/mol. The highest BCUT2D eigenvalue weighted by Crippen LogP contribution is 2.18. The number of aryl methyl sites for hydroxylation is 1. The molecule has 0 bridgehead atoms. The van der Waals surface area contributed by atoms with E-state index in [1.807, 2.05) is 13.8 Å². The number of hydrogen-bond donors (Lipinski definition) is 3. The van der Waals surface area contributed by atoms with Crippen molar-refractivity contribution in [3.05, 3.63) is 24.0 Å². The van der Waals surface area contributed by atoms with E-state index in [0.717, 1.165) is 29.7 Å². The van der Waals surface area contributed by atoms with Gasteiger partial charge in [-0.05, 0) is 32.4 Å². The standard InChI is InChI=1S/C12H17N3O/c1-12(2,13)6-5-11-14-9-4-3-8(16)7-10(9)15-11/h3-4,7,16H,5-6,13H2,1-2H3,(H,14,15). The summed E-state index contributed by atoms with van der Waals surface area (Å²) in [5.41, 5.74) is 7.48. The van der Waals surface area contributed by atoms with Crippen molar-refractivity contribution in [1.82, 2.24) is 9.97 Å². The van der Waals surface area contributed by atoms with Crippen LogP contribution < -0.4 is 5.73 Å². The van der Waals surface area contributed by atoms with Gasteiger partial charge in [-0.2, -0.15) is 0 Å². The summed E-state index contributed by atoms with van der Waals surface area (Å²) in [5.74, 6) is 1.17. The number of aromatic nitrogens is 2. The van der Waals surface area contributed by atoms with E-state index in [2.05, 4.69) is 9.97 Å². The van der Waals surface area contributed by atoms with Crippen molar-refractivity contribution in [3.8, 4) is 5.75 Å². The van der Waals surface area contributed by atoms with Gasteiger partial charge in [0.1, 0.15) is 11.6 Å². The van der Waals surface area contributed by atoms with Crippen LogP contribution in [0, 0.1) is 0 Å². The van der Waals surface area contributed by atoms with E-state index in [-0.39, 0.29) is 11.3 Å². The first-order chi connectivity index (χ1) is 7.44. The van der Waals surface area contributed by atoms with E-state index in [0.29, 0.717) is 0 Å². The van der Waals surface area contributed by atoms with Crippen molar-refractivity contribution in [2.45, 2.75) is 32.2 Å². The number of nitrogens with one attached hydrogen (secondary N) is 1. The first kappa shape index (κ1) is 11.0. The van der Waals surface area contributed by atoms with Crippen molar-refractivity contribution >= 4 is 11.0 Å². The molecule has 0 radical (unpaired) electrons. The van der Waals surface area contributed by atoms with Crippen LogP contribution in [0.1, 0.15) is 26.1 Å². The number of nitrogens with two attached hydrogens (primary N) is 1. The Hall–Kier alpha value is -1.55. The number of fused-ring (bicyclic) bond motifs is 1. The minimum atomic E-state index is -0.179. The molecule has 0 atom stereocenters. The largest absolute Gasteiger partial charge is 0.508 e. The molecule has 1 aromatic heterocycles. The average molecular weight is 219 g/mol. The lowest BCUT2D eigenvalue weighted by molar-refractivity contribution is 0.472. The number of hydrogen-bond acceptors (Lipinski definition) is 3. The number of rotatable bonds is 3. The summed E-state index contributed by atoms with van der Waals surface area (Å²) in [5, 5.41) is 9.33. The zero-order valence-corrected chi connectivity index (χ0v) is 9.62. The van der Waals surface area contributed by atoms with Crippen LogP contribution in [-0.4, -0.2) is 20.6 Å². The summed E-state index contributed by atoms with van der Waals surface area (Å²) in [6.07, 6.45) is 1.69. The SMILES string of the molecule is CC(C)(N)CCc1nc2ccc(O)cc2[nH]1. The normalized spacial score (nSPS) is 12.2. The van der Waals surface area contributed by atoms with E-state index in [9.17, 15) is 5.11 Å². The van der Waals surface area contributed by atoms with E-state index in [1.165, 1.54) is 0 Å². The molecule has 0 aliphatic carbocycles. The molecule has 16 heavy (non-hydrogen) atoms. The van der Waals surface area contributed by atoms with Gasteiger partial charge in [0.25, 0.3) is 0 Å². The number of aromatic hydroxyl groups is 1. The van der Waals surface area contributed by atoms with Gasteiger partial charge in [-0.15, -0.1) is 0 Å².